The first-order chi connectivity index (χ1) is 66.4. The number of aromatic amines is 4. The van der Waals surface area contributed by atoms with E-state index in [4.69, 9.17) is 4.74 Å². The van der Waals surface area contributed by atoms with Crippen LogP contribution in [0, 0.1) is 46.5 Å². The van der Waals surface area contributed by atoms with Crippen molar-refractivity contribution in [2.24, 2.45) is 0 Å². The Morgan fingerprint density at radius 3 is 1.30 bits per heavy atom. The Morgan fingerprint density at radius 2 is 0.842 bits per heavy atom. The third-order valence-electron chi connectivity index (χ3n) is 22.0. The van der Waals surface area contributed by atoms with Crippen molar-refractivity contribution in [3.63, 3.8) is 0 Å². The van der Waals surface area contributed by atoms with Gasteiger partial charge in [-0.1, -0.05) is 87.5 Å². The highest BCUT2D eigenvalue weighted by Crippen LogP contribution is 2.42. The molecule has 0 atom stereocenters. The van der Waals surface area contributed by atoms with Crippen molar-refractivity contribution in [1.82, 2.24) is 49.7 Å². The molecule has 1 aliphatic heterocycles. The topological polar surface area (TPSA) is 419 Å². The van der Waals surface area contributed by atoms with Crippen molar-refractivity contribution in [1.29, 1.82) is 0 Å². The quantitative estimate of drug-likeness (QED) is 0.0138. The summed E-state index contributed by atoms with van der Waals surface area (Å²) in [6, 6.07) is 43.5. The SMILES string of the molecule is CCCS(=O)(=O)Nc1ccc(F)c(C(=O)Nc2cnc3[nH]c(C4CC4)cc3c2)c1F.CCCS(=O)(=O)Nc1ccc(F)c(C(=O)Nc2cnc3[nH]cc(-c4cccc(CN(C)C)c4)c3c2)c1F.CCCS(=O)(=O)Nc1ccc(F)c(C(=O)Nc2cnc3[nH]cc(-c4cccc(CN5CCOCC5)c4)c3c2)c1F.CCS(=O)(=O)Nc1ccc(F)c(C(=O)Cc2cnc3[nH]c(-c4ccccc4)cc3c2)c1F. The lowest BCUT2D eigenvalue weighted by Crippen LogP contribution is -2.35. The van der Waals surface area contributed by atoms with Gasteiger partial charge in [-0.3, -0.25) is 43.0 Å². The maximum Gasteiger partial charge on any atom is 0.261 e. The summed E-state index contributed by atoms with van der Waals surface area (Å²) in [4.78, 5) is 85.3. The molecule has 17 rings (SSSR count). The highest BCUT2D eigenvalue weighted by Gasteiger charge is 2.31. The number of rotatable bonds is 32. The first kappa shape index (κ1) is 101. The second kappa shape index (κ2) is 43.6. The van der Waals surface area contributed by atoms with Gasteiger partial charge in [0.25, 0.3) is 17.7 Å². The van der Waals surface area contributed by atoms with E-state index in [1.165, 1.54) is 31.7 Å². The fraction of sp³-hybridized carbons (Fsp3) is 0.237. The van der Waals surface area contributed by atoms with Gasteiger partial charge in [0, 0.05) is 95.3 Å². The fourth-order valence-electron chi connectivity index (χ4n) is 15.3. The number of H-pyrrole nitrogens is 4. The number of aromatic nitrogens is 8. The van der Waals surface area contributed by atoms with Gasteiger partial charge in [-0.2, -0.15) is 0 Å². The number of fused-ring (bicyclic) bond motifs is 4. The number of carbonyl (C=O) groups is 4. The van der Waals surface area contributed by atoms with Crippen LogP contribution in [0.4, 0.5) is 74.9 Å². The van der Waals surface area contributed by atoms with E-state index in [-0.39, 0.29) is 46.5 Å². The number of anilines is 7. The van der Waals surface area contributed by atoms with Crippen LogP contribution in [0.3, 0.4) is 0 Å². The predicted octanol–water partition coefficient (Wildman–Crippen LogP) is 18.5. The Kier molecular flexibility index (Phi) is 31.6. The van der Waals surface area contributed by atoms with E-state index >= 15 is 8.78 Å². The zero-order chi connectivity index (χ0) is 99.4. The predicted molar refractivity (Wildman–Crippen MR) is 520 cm³/mol. The van der Waals surface area contributed by atoms with Gasteiger partial charge < -0.3 is 45.5 Å². The minimum atomic E-state index is -3.85. The van der Waals surface area contributed by atoms with Crippen molar-refractivity contribution in [2.75, 3.05) is 98.2 Å². The molecule has 1 saturated carbocycles. The summed E-state index contributed by atoms with van der Waals surface area (Å²) in [5.74, 6) is -14.0. The largest absolute Gasteiger partial charge is 0.379 e. The van der Waals surface area contributed by atoms with E-state index in [9.17, 15) is 79.2 Å². The number of carbonyl (C=O) groups excluding carboxylic acids is 4. The molecule has 1 saturated heterocycles. The molecule has 0 bridgehead atoms. The van der Waals surface area contributed by atoms with E-state index in [0.717, 1.165) is 162 Å². The maximum absolute atomic E-state index is 15.1. The molecule has 2 aliphatic rings. The van der Waals surface area contributed by atoms with Crippen LogP contribution in [0.25, 0.3) is 77.6 Å². The second-order valence-electron chi connectivity index (χ2n) is 33.0. The van der Waals surface area contributed by atoms with Crippen LogP contribution < -0.4 is 34.8 Å². The zero-order valence-corrected chi connectivity index (χ0v) is 78.9. The Morgan fingerprint density at radius 1 is 0.432 bits per heavy atom. The maximum atomic E-state index is 15.1. The van der Waals surface area contributed by atoms with Gasteiger partial charge in [-0.15, -0.1) is 0 Å². The molecule has 8 aromatic heterocycles. The zero-order valence-electron chi connectivity index (χ0n) is 75.6. The van der Waals surface area contributed by atoms with Gasteiger partial charge in [0.2, 0.25) is 40.1 Å². The number of ketones is 1. The molecule has 0 spiro atoms. The number of hydrogen-bond donors (Lipinski definition) is 11. The number of benzene rings is 7. The molecule has 9 heterocycles. The van der Waals surface area contributed by atoms with Gasteiger partial charge in [0.1, 0.15) is 62.5 Å². The lowest BCUT2D eigenvalue weighted by Gasteiger charge is -2.26. The van der Waals surface area contributed by atoms with Crippen LogP contribution in [0.2, 0.25) is 0 Å². The van der Waals surface area contributed by atoms with E-state index in [1.54, 1.807) is 45.0 Å². The summed E-state index contributed by atoms with van der Waals surface area (Å²) in [6.07, 6.45) is 12.1. The molecule has 3 amide bonds. The minimum Gasteiger partial charge on any atom is -0.379 e. The van der Waals surface area contributed by atoms with E-state index in [1.807, 2.05) is 104 Å². The van der Waals surface area contributed by atoms with Crippen LogP contribution in [-0.2, 0) is 64.3 Å². The number of morpholine rings is 1. The van der Waals surface area contributed by atoms with Crippen molar-refractivity contribution >= 4 is 148 Å². The molecule has 30 nitrogen and oxygen atoms in total. The van der Waals surface area contributed by atoms with Crippen LogP contribution in [0.1, 0.15) is 130 Å². The molecule has 2 fully saturated rings. The van der Waals surface area contributed by atoms with Gasteiger partial charge in [0.05, 0.1) is 100 Å². The van der Waals surface area contributed by atoms with Crippen molar-refractivity contribution < 1.29 is 92.7 Å². The van der Waals surface area contributed by atoms with Crippen LogP contribution in [0.15, 0.2) is 201 Å². The Labute approximate surface area is 794 Å². The lowest BCUT2D eigenvalue weighted by molar-refractivity contribution is 0.0342. The molecule has 42 heteroatoms. The minimum absolute atomic E-state index is 0.221. The first-order valence-electron chi connectivity index (χ1n) is 43.9. The standard InChI is InChI=1S/C28H29F2N5O4S.C26H27F2N5O3S.C23H19F2N3O3S.C20H20F2N4O3S/c1-2-12-40(37,38)34-24-7-6-23(29)25(26(24)30)28(36)33-20-14-21-22(16-32-27(21)31-15-20)19-5-3-4-18(13-19)17-35-8-10-39-11-9-35;1-4-10-37(35,36)32-22-9-8-21(27)23(24(22)28)26(34)31-18-12-19-20(14-30-25(19)29-13-18)17-7-5-6-16(11-17)15-33(2)3;1-2-32(30,31)28-18-9-8-17(24)21(22(18)25)20(29)11-14-10-16-12-19(27-23(16)26-13-14)15-6-4-3-5-7-15;1-2-7-30(28,29)26-15-6-5-14(21)17(18(15)22)20(27)24-13-8-12-9-16(11-3-4-11)25-19(12)23-10-13/h3-7,13-16,34H,2,8-12,17H2,1H3,(H,31,32)(H,33,36);5-9,11-14,32H,4,10,15H2,1-3H3,(H,29,30)(H,31,34);3-10,12-13,28H,2,11H2,1H3,(H,26,27);5-6,8-11,26H,2-4,7H2,1H3,(H,23,25)(H,24,27). The van der Waals surface area contributed by atoms with E-state index in [0.29, 0.717) is 64.1 Å². The number of halogens is 8. The number of sulfonamides is 4. The Balaban J connectivity index is 0.000000149. The average molecular weight is 1990 g/mol. The molecule has 1 aliphatic carbocycles. The number of nitrogens with zero attached hydrogens (tertiary/aromatic N) is 6. The van der Waals surface area contributed by atoms with Gasteiger partial charge in [-0.25, -0.2) is 88.7 Å². The molecule has 0 radical (unpaired) electrons. The first-order valence-corrected chi connectivity index (χ1v) is 50.5. The third kappa shape index (κ3) is 25.2. The summed E-state index contributed by atoms with van der Waals surface area (Å²) in [6.45, 7) is 11.1. The molecule has 15 aromatic rings. The number of Topliss-reactive ketones (excluding diaryl/α,β-unsaturated/α-hetero) is 1. The van der Waals surface area contributed by atoms with Crippen LogP contribution >= 0.6 is 0 Å². The van der Waals surface area contributed by atoms with Crippen molar-refractivity contribution in [3.05, 3.63) is 292 Å². The van der Waals surface area contributed by atoms with Crippen molar-refractivity contribution in [2.45, 2.75) is 85.2 Å². The van der Waals surface area contributed by atoms with E-state index in [2.05, 4.69) is 98.0 Å². The molecule has 11 N–H and O–H groups in total. The summed E-state index contributed by atoms with van der Waals surface area (Å²) >= 11 is 0. The highest BCUT2D eigenvalue weighted by atomic mass is 32.2. The number of nitrogens with one attached hydrogen (secondary N) is 11. The van der Waals surface area contributed by atoms with Gasteiger partial charge in [0.15, 0.2) is 29.1 Å². The number of ether oxygens (including phenoxy) is 1. The number of amides is 3. The smallest absolute Gasteiger partial charge is 0.261 e. The third-order valence-corrected chi connectivity index (χ3v) is 27.7. The normalized spacial score (nSPS) is 13.0. The number of pyridine rings is 4. The summed E-state index contributed by atoms with van der Waals surface area (Å²) in [7, 11) is -11.3. The molecular formula is C97H95F8N17O13S4. The van der Waals surface area contributed by atoms with E-state index < -0.39 is 155 Å². The summed E-state index contributed by atoms with van der Waals surface area (Å²) in [5, 5.41) is 10.3. The monoisotopic (exact) mass is 1990 g/mol. The van der Waals surface area contributed by atoms with Crippen molar-refractivity contribution in [3.8, 4) is 33.5 Å². The molecular weight excluding hydrogens is 1890 g/mol. The molecule has 0 unspecified atom stereocenters. The van der Waals surface area contributed by atoms with Crippen LogP contribution in [-0.4, -0.2) is 170 Å². The fourth-order valence-corrected chi connectivity index (χ4v) is 19.3. The molecule has 139 heavy (non-hydrogen) atoms. The Bertz CT molecular complexity index is 7650. The summed E-state index contributed by atoms with van der Waals surface area (Å²) in [5.41, 5.74) is 6.96. The van der Waals surface area contributed by atoms with Gasteiger partial charge >= 0.3 is 0 Å². The Hall–Kier alpha value is -14.3. The average Bonchev–Trinajstić information content (AvgIpc) is 1.53. The highest BCUT2D eigenvalue weighted by molar-refractivity contribution is 7.93. The van der Waals surface area contributed by atoms with Gasteiger partial charge in [-0.05, 0) is 189 Å². The molecule has 7 aromatic carbocycles. The summed E-state index contributed by atoms with van der Waals surface area (Å²) < 4.78 is 226. The number of hydrogen-bond acceptors (Lipinski definition) is 19. The lowest BCUT2D eigenvalue weighted by atomic mass is 10.0. The van der Waals surface area contributed by atoms with Crippen LogP contribution in [0.5, 0.6) is 0 Å². The molecule has 726 valence electrons. The second-order valence-corrected chi connectivity index (χ2v) is 40.6.